The maximum absolute atomic E-state index is 5.29. The van der Waals surface area contributed by atoms with Crippen LogP contribution in [0.2, 0.25) is 0 Å². The number of H-pyrrole nitrogens is 2. The Morgan fingerprint density at radius 1 is 0.372 bits per heavy atom. The van der Waals surface area contributed by atoms with Gasteiger partial charge in [0.05, 0.1) is 31.9 Å². The van der Waals surface area contributed by atoms with E-state index in [1.54, 1.807) is 0 Å². The van der Waals surface area contributed by atoms with E-state index >= 15 is 0 Å². The summed E-state index contributed by atoms with van der Waals surface area (Å²) in [6.07, 6.45) is 8.48. The van der Waals surface area contributed by atoms with Crippen LogP contribution < -0.4 is 0 Å². The Bertz CT molecular complexity index is 2190. The zero-order valence-electron chi connectivity index (χ0n) is 23.1. The molecule has 3 aromatic heterocycles. The highest BCUT2D eigenvalue weighted by atomic mass is 127. The lowest BCUT2D eigenvalue weighted by Crippen LogP contribution is -1.89. The van der Waals surface area contributed by atoms with Crippen LogP contribution in [0.4, 0.5) is 0 Å². The van der Waals surface area contributed by atoms with E-state index < -0.39 is 0 Å². The molecule has 2 aliphatic heterocycles. The maximum Gasteiger partial charge on any atom is 0.0792 e. The van der Waals surface area contributed by atoms with Crippen molar-refractivity contribution in [1.29, 1.82) is 0 Å². The standard InChI is InChI=1S/C38H25IN4/c39-38-33-22-20-31(42-33)36(25-12-6-2-7-13-25)29-18-16-27(40-29)35(24-10-4-1-5-11-24)28-17-19-30(41-28)37(26-14-8-3-9-15-26)32-21-23-34(38)43-32/h1-23,40,43H. The summed E-state index contributed by atoms with van der Waals surface area (Å²) >= 11 is 2.40. The second-order valence-corrected chi connectivity index (χ2v) is 11.6. The summed E-state index contributed by atoms with van der Waals surface area (Å²) in [6.45, 7) is 0. The normalized spacial score (nSPS) is 12.1. The van der Waals surface area contributed by atoms with E-state index in [9.17, 15) is 0 Å². The molecule has 2 aliphatic rings. The quantitative estimate of drug-likeness (QED) is 0.185. The molecular formula is C38H25IN4. The minimum Gasteiger partial charge on any atom is -0.354 e. The SMILES string of the molecule is Ic1c2nc(c(-c3ccccc3)c3ccc([nH]3)c(-c3ccccc3)c3nc(c(-c4ccccc4)c4ccc1[nH]4)C=C3)C=C2. The largest absolute Gasteiger partial charge is 0.354 e. The van der Waals surface area contributed by atoms with E-state index in [0.29, 0.717) is 0 Å². The van der Waals surface area contributed by atoms with Gasteiger partial charge in [0.25, 0.3) is 0 Å². The Kier molecular flexibility index (Phi) is 6.38. The summed E-state index contributed by atoms with van der Waals surface area (Å²) in [5.41, 5.74) is 14.2. The third-order valence-corrected chi connectivity index (χ3v) is 9.01. The molecule has 4 nitrogen and oxygen atoms in total. The summed E-state index contributed by atoms with van der Waals surface area (Å²) in [5.74, 6) is 0. The second kappa shape index (κ2) is 10.7. The topological polar surface area (TPSA) is 57.4 Å². The summed E-state index contributed by atoms with van der Waals surface area (Å²) < 4.78 is 1.06. The van der Waals surface area contributed by atoms with Crippen molar-refractivity contribution in [2.45, 2.75) is 0 Å². The molecule has 43 heavy (non-hydrogen) atoms. The molecule has 5 heteroatoms. The molecule has 5 heterocycles. The number of aromatic amines is 2. The zero-order valence-corrected chi connectivity index (χ0v) is 25.2. The minimum absolute atomic E-state index is 0.915. The molecule has 0 spiro atoms. The van der Waals surface area contributed by atoms with Crippen molar-refractivity contribution in [3.05, 3.63) is 142 Å². The molecule has 0 fully saturated rings. The van der Waals surface area contributed by atoms with Gasteiger partial charge in [-0.05, 0) is 87.9 Å². The van der Waals surface area contributed by atoms with Crippen LogP contribution in [0.5, 0.6) is 0 Å². The molecule has 0 aliphatic carbocycles. The number of hydrogen-bond acceptors (Lipinski definition) is 2. The Labute approximate surface area is 262 Å². The van der Waals surface area contributed by atoms with E-state index in [0.717, 1.165) is 81.8 Å². The predicted octanol–water partition coefficient (Wildman–Crippen LogP) is 10.3. The molecule has 204 valence electrons. The predicted molar refractivity (Wildman–Crippen MR) is 188 cm³/mol. The first-order valence-corrected chi connectivity index (χ1v) is 15.3. The Morgan fingerprint density at radius 3 is 1.12 bits per heavy atom. The molecule has 6 aromatic rings. The van der Waals surface area contributed by atoms with Crippen molar-refractivity contribution < 1.29 is 0 Å². The number of rotatable bonds is 3. The third-order valence-electron chi connectivity index (χ3n) is 7.88. The maximum atomic E-state index is 5.29. The molecule has 0 atom stereocenters. The smallest absolute Gasteiger partial charge is 0.0792 e. The molecule has 0 amide bonds. The number of aromatic nitrogens is 4. The van der Waals surface area contributed by atoms with Gasteiger partial charge in [-0.3, -0.25) is 0 Å². The van der Waals surface area contributed by atoms with Gasteiger partial charge in [-0.15, -0.1) is 0 Å². The molecule has 2 N–H and O–H groups in total. The first-order valence-electron chi connectivity index (χ1n) is 14.2. The van der Waals surface area contributed by atoms with Gasteiger partial charge < -0.3 is 9.97 Å². The van der Waals surface area contributed by atoms with Gasteiger partial charge in [-0.1, -0.05) is 91.0 Å². The molecule has 0 unspecified atom stereocenters. The lowest BCUT2D eigenvalue weighted by Gasteiger charge is -2.06. The number of fused-ring (bicyclic) bond motifs is 8. The number of nitrogens with zero attached hydrogens (tertiary/aromatic N) is 2. The van der Waals surface area contributed by atoms with Gasteiger partial charge in [-0.2, -0.15) is 0 Å². The van der Waals surface area contributed by atoms with Crippen molar-refractivity contribution in [2.24, 2.45) is 0 Å². The summed E-state index contributed by atoms with van der Waals surface area (Å²) in [6, 6.07) is 40.0. The molecule has 3 aromatic carbocycles. The number of benzene rings is 3. The molecule has 0 radical (unpaired) electrons. The van der Waals surface area contributed by atoms with Crippen molar-refractivity contribution in [3.63, 3.8) is 0 Å². The number of halogens is 1. The van der Waals surface area contributed by atoms with Crippen LogP contribution in [0.3, 0.4) is 0 Å². The Balaban J connectivity index is 1.56. The van der Waals surface area contributed by atoms with Gasteiger partial charge >= 0.3 is 0 Å². The highest BCUT2D eigenvalue weighted by Gasteiger charge is 2.17. The van der Waals surface area contributed by atoms with Crippen molar-refractivity contribution in [3.8, 4) is 33.4 Å². The fraction of sp³-hybridized carbons (Fsp3) is 0. The molecule has 8 bridgehead atoms. The summed E-state index contributed by atoms with van der Waals surface area (Å²) in [4.78, 5) is 17.9. The minimum atomic E-state index is 0.915. The highest BCUT2D eigenvalue weighted by molar-refractivity contribution is 14.1. The van der Waals surface area contributed by atoms with Crippen LogP contribution in [0, 0.1) is 3.57 Å². The van der Waals surface area contributed by atoms with E-state index in [-0.39, 0.29) is 0 Å². The molecule has 8 rings (SSSR count). The lowest BCUT2D eigenvalue weighted by molar-refractivity contribution is 1.30. The molecule has 0 saturated heterocycles. The van der Waals surface area contributed by atoms with Gasteiger partial charge in [-0.25, -0.2) is 9.97 Å². The third kappa shape index (κ3) is 4.62. The van der Waals surface area contributed by atoms with Crippen molar-refractivity contribution >= 4 is 69.0 Å². The fourth-order valence-electron chi connectivity index (χ4n) is 5.90. The summed E-state index contributed by atoms with van der Waals surface area (Å²) in [5, 5.41) is 0. The second-order valence-electron chi connectivity index (χ2n) is 10.5. The van der Waals surface area contributed by atoms with Gasteiger partial charge in [0.15, 0.2) is 0 Å². The monoisotopic (exact) mass is 664 g/mol. The van der Waals surface area contributed by atoms with Crippen LogP contribution in [-0.4, -0.2) is 19.9 Å². The van der Waals surface area contributed by atoms with Crippen LogP contribution in [-0.2, 0) is 0 Å². The average molecular weight is 665 g/mol. The van der Waals surface area contributed by atoms with Crippen LogP contribution in [0.25, 0.3) is 79.8 Å². The summed E-state index contributed by atoms with van der Waals surface area (Å²) in [7, 11) is 0. The average Bonchev–Trinajstić information content (AvgIpc) is 3.88. The van der Waals surface area contributed by atoms with E-state index in [2.05, 4.69) is 154 Å². The van der Waals surface area contributed by atoms with Crippen molar-refractivity contribution in [1.82, 2.24) is 19.9 Å². The van der Waals surface area contributed by atoms with E-state index in [1.165, 1.54) is 0 Å². The van der Waals surface area contributed by atoms with Crippen LogP contribution in [0.15, 0.2) is 115 Å². The fourth-order valence-corrected chi connectivity index (χ4v) is 6.51. The lowest BCUT2D eigenvalue weighted by atomic mass is 10.0. The van der Waals surface area contributed by atoms with E-state index in [1.807, 2.05) is 18.2 Å². The number of nitrogens with one attached hydrogen (secondary N) is 2. The highest BCUT2D eigenvalue weighted by Crippen LogP contribution is 2.36. The first kappa shape index (κ1) is 25.7. The van der Waals surface area contributed by atoms with Gasteiger partial charge in [0.1, 0.15) is 0 Å². The van der Waals surface area contributed by atoms with Gasteiger partial charge in [0.2, 0.25) is 0 Å². The van der Waals surface area contributed by atoms with Crippen LogP contribution in [0.1, 0.15) is 22.8 Å². The van der Waals surface area contributed by atoms with Crippen LogP contribution >= 0.6 is 22.6 Å². The van der Waals surface area contributed by atoms with E-state index in [4.69, 9.17) is 9.97 Å². The Hall–Kier alpha value is -5.01. The van der Waals surface area contributed by atoms with Gasteiger partial charge in [0, 0.05) is 33.2 Å². The zero-order chi connectivity index (χ0) is 28.8. The van der Waals surface area contributed by atoms with Crippen molar-refractivity contribution in [2.75, 3.05) is 0 Å². The number of hydrogen-bond donors (Lipinski definition) is 2. The first-order chi connectivity index (χ1) is 21.2. The Morgan fingerprint density at radius 2 is 0.698 bits per heavy atom. The molecular weight excluding hydrogens is 639 g/mol. The molecule has 0 saturated carbocycles.